The predicted molar refractivity (Wildman–Crippen MR) is 96.9 cm³/mol. The highest BCUT2D eigenvalue weighted by Gasteiger charge is 2.20. The zero-order chi connectivity index (χ0) is 17.4. The van der Waals surface area contributed by atoms with Gasteiger partial charge in [0.05, 0.1) is 26.8 Å². The summed E-state index contributed by atoms with van der Waals surface area (Å²) in [5, 5.41) is 10.2. The number of carboxylic acids is 1. The minimum atomic E-state index is -0.977. The van der Waals surface area contributed by atoms with E-state index in [1.807, 2.05) is 36.4 Å². The summed E-state index contributed by atoms with van der Waals surface area (Å²) in [7, 11) is 0. The lowest BCUT2D eigenvalue weighted by Gasteiger charge is -1.99. The van der Waals surface area contributed by atoms with Crippen LogP contribution >= 0.6 is 22.9 Å². The molecule has 0 aliphatic rings. The molecule has 0 spiro atoms. The number of carboxylic acid groups (broad SMARTS) is 1. The number of halogens is 1. The van der Waals surface area contributed by atoms with Crippen LogP contribution < -0.4 is 0 Å². The standard InChI is InChI=1S/C18H11ClN2O3S/c19-15-8-7-14(25-15)17-13(9-16(22)23)21-18(24-17)12-6-5-10-3-1-2-4-11(10)20-12/h1-8H,9H2,(H,22,23). The summed E-state index contributed by atoms with van der Waals surface area (Å²) in [4.78, 5) is 20.8. The average molecular weight is 371 g/mol. The molecule has 0 atom stereocenters. The van der Waals surface area contributed by atoms with Crippen LogP contribution in [-0.4, -0.2) is 21.0 Å². The molecule has 0 saturated carbocycles. The Kier molecular flexibility index (Phi) is 3.99. The molecule has 0 fully saturated rings. The summed E-state index contributed by atoms with van der Waals surface area (Å²) >= 11 is 7.30. The molecule has 0 aliphatic carbocycles. The summed E-state index contributed by atoms with van der Waals surface area (Å²) in [5.74, 6) is -0.263. The van der Waals surface area contributed by atoms with Crippen molar-refractivity contribution >= 4 is 39.8 Å². The van der Waals surface area contributed by atoms with Crippen molar-refractivity contribution in [2.24, 2.45) is 0 Å². The van der Waals surface area contributed by atoms with Gasteiger partial charge in [0.1, 0.15) is 5.69 Å². The molecule has 4 aromatic rings. The van der Waals surface area contributed by atoms with Crippen LogP contribution in [-0.2, 0) is 11.2 Å². The first kappa shape index (κ1) is 15.8. The second kappa shape index (κ2) is 6.31. The first-order valence-corrected chi connectivity index (χ1v) is 8.63. The van der Waals surface area contributed by atoms with Crippen molar-refractivity contribution in [3.05, 3.63) is 58.6 Å². The fourth-order valence-corrected chi connectivity index (χ4v) is 3.59. The molecule has 0 amide bonds. The van der Waals surface area contributed by atoms with Crippen LogP contribution in [0.4, 0.5) is 0 Å². The fraction of sp³-hybridized carbons (Fsp3) is 0.0556. The zero-order valence-corrected chi connectivity index (χ0v) is 14.3. The molecule has 0 radical (unpaired) electrons. The Morgan fingerprint density at radius 3 is 2.72 bits per heavy atom. The van der Waals surface area contributed by atoms with Gasteiger partial charge in [-0.1, -0.05) is 35.9 Å². The molecule has 1 N–H and O–H groups in total. The van der Waals surface area contributed by atoms with E-state index in [1.54, 1.807) is 12.1 Å². The molecular formula is C18H11ClN2O3S. The van der Waals surface area contributed by atoms with Crippen molar-refractivity contribution in [2.75, 3.05) is 0 Å². The number of hydrogen-bond acceptors (Lipinski definition) is 5. The third-order valence-corrected chi connectivity index (χ3v) is 4.86. The molecule has 3 aromatic heterocycles. The summed E-state index contributed by atoms with van der Waals surface area (Å²) < 4.78 is 6.46. The van der Waals surface area contributed by atoms with E-state index in [4.69, 9.17) is 21.1 Å². The molecule has 0 saturated heterocycles. The largest absolute Gasteiger partial charge is 0.481 e. The van der Waals surface area contributed by atoms with Crippen LogP contribution in [0.1, 0.15) is 5.69 Å². The van der Waals surface area contributed by atoms with Gasteiger partial charge >= 0.3 is 5.97 Å². The lowest BCUT2D eigenvalue weighted by molar-refractivity contribution is -0.136. The van der Waals surface area contributed by atoms with E-state index >= 15 is 0 Å². The number of pyridine rings is 1. The number of hydrogen-bond donors (Lipinski definition) is 1. The minimum absolute atomic E-state index is 0.234. The molecule has 3 heterocycles. The van der Waals surface area contributed by atoms with Crippen LogP contribution in [0.15, 0.2) is 52.9 Å². The number of benzene rings is 1. The molecule has 0 aliphatic heterocycles. The van der Waals surface area contributed by atoms with Gasteiger partial charge in [0.2, 0.25) is 5.89 Å². The average Bonchev–Trinajstić information content (AvgIpc) is 3.20. The van der Waals surface area contributed by atoms with Gasteiger partial charge in [-0.05, 0) is 24.3 Å². The normalized spacial score (nSPS) is 11.1. The second-order valence-corrected chi connectivity index (χ2v) is 7.07. The van der Waals surface area contributed by atoms with Crippen molar-refractivity contribution in [3.63, 3.8) is 0 Å². The third-order valence-electron chi connectivity index (χ3n) is 3.63. The zero-order valence-electron chi connectivity index (χ0n) is 12.8. The quantitative estimate of drug-likeness (QED) is 0.553. The topological polar surface area (TPSA) is 76.2 Å². The minimum Gasteiger partial charge on any atom is -0.481 e. The molecule has 0 bridgehead atoms. The Morgan fingerprint density at radius 2 is 1.96 bits per heavy atom. The van der Waals surface area contributed by atoms with E-state index < -0.39 is 5.97 Å². The Morgan fingerprint density at radius 1 is 1.12 bits per heavy atom. The molecule has 0 unspecified atom stereocenters. The van der Waals surface area contributed by atoms with Crippen LogP contribution in [0.5, 0.6) is 0 Å². The first-order chi connectivity index (χ1) is 12.1. The lowest BCUT2D eigenvalue weighted by atomic mass is 10.2. The van der Waals surface area contributed by atoms with Gasteiger partial charge in [-0.25, -0.2) is 9.97 Å². The lowest BCUT2D eigenvalue weighted by Crippen LogP contribution is -2.01. The van der Waals surface area contributed by atoms with Gasteiger partial charge in [-0.15, -0.1) is 11.3 Å². The van der Waals surface area contributed by atoms with Crippen LogP contribution in [0.2, 0.25) is 4.34 Å². The molecule has 1 aromatic carbocycles. The maximum absolute atomic E-state index is 11.2. The Labute approximate surface area is 151 Å². The van der Waals surface area contributed by atoms with Crippen LogP contribution in [0, 0.1) is 0 Å². The summed E-state index contributed by atoms with van der Waals surface area (Å²) in [6.45, 7) is 0. The number of aliphatic carboxylic acids is 1. The molecule has 5 nitrogen and oxygen atoms in total. The predicted octanol–water partition coefficient (Wildman–Crippen LogP) is 4.90. The van der Waals surface area contributed by atoms with Crippen molar-refractivity contribution in [2.45, 2.75) is 6.42 Å². The van der Waals surface area contributed by atoms with Gasteiger partial charge in [-0.3, -0.25) is 4.79 Å². The van der Waals surface area contributed by atoms with Gasteiger partial charge in [0, 0.05) is 5.39 Å². The van der Waals surface area contributed by atoms with Gasteiger partial charge in [-0.2, -0.15) is 0 Å². The Bertz CT molecular complexity index is 1090. The Balaban J connectivity index is 1.83. The number of para-hydroxylation sites is 1. The second-order valence-electron chi connectivity index (χ2n) is 5.36. The van der Waals surface area contributed by atoms with E-state index in [9.17, 15) is 4.79 Å². The first-order valence-electron chi connectivity index (χ1n) is 7.43. The molecule has 4 rings (SSSR count). The van der Waals surface area contributed by atoms with E-state index in [2.05, 4.69) is 9.97 Å². The molecule has 7 heteroatoms. The Hall–Kier alpha value is -2.70. The van der Waals surface area contributed by atoms with E-state index in [1.165, 1.54) is 11.3 Å². The molecule has 25 heavy (non-hydrogen) atoms. The summed E-state index contributed by atoms with van der Waals surface area (Å²) in [5.41, 5.74) is 1.73. The van der Waals surface area contributed by atoms with E-state index in [-0.39, 0.29) is 6.42 Å². The number of aromatic nitrogens is 2. The highest BCUT2D eigenvalue weighted by Crippen LogP contribution is 2.36. The summed E-state index contributed by atoms with van der Waals surface area (Å²) in [6, 6.07) is 15.0. The van der Waals surface area contributed by atoms with Gasteiger partial charge in [0.15, 0.2) is 5.76 Å². The molecule has 124 valence electrons. The number of thiophene rings is 1. The van der Waals surface area contributed by atoms with Gasteiger partial charge in [0.25, 0.3) is 0 Å². The van der Waals surface area contributed by atoms with Crippen LogP contribution in [0.25, 0.3) is 33.1 Å². The monoisotopic (exact) mass is 370 g/mol. The SMILES string of the molecule is O=C(O)Cc1nc(-c2ccc3ccccc3n2)oc1-c1ccc(Cl)s1. The number of rotatable bonds is 4. The number of oxazole rings is 1. The smallest absolute Gasteiger partial charge is 0.309 e. The fourth-order valence-electron chi connectivity index (χ4n) is 2.54. The molecular weight excluding hydrogens is 360 g/mol. The number of carbonyl (C=O) groups is 1. The maximum atomic E-state index is 11.2. The van der Waals surface area contributed by atoms with E-state index in [0.29, 0.717) is 27.4 Å². The van der Waals surface area contributed by atoms with Gasteiger partial charge < -0.3 is 9.52 Å². The van der Waals surface area contributed by atoms with Crippen molar-refractivity contribution in [1.29, 1.82) is 0 Å². The summed E-state index contributed by atoms with van der Waals surface area (Å²) in [6.07, 6.45) is -0.234. The third kappa shape index (κ3) is 3.14. The maximum Gasteiger partial charge on any atom is 0.309 e. The van der Waals surface area contributed by atoms with E-state index in [0.717, 1.165) is 15.8 Å². The van der Waals surface area contributed by atoms with Crippen molar-refractivity contribution in [3.8, 4) is 22.2 Å². The van der Waals surface area contributed by atoms with Crippen molar-refractivity contribution in [1.82, 2.24) is 9.97 Å². The number of fused-ring (bicyclic) bond motifs is 1. The van der Waals surface area contributed by atoms with Crippen LogP contribution in [0.3, 0.4) is 0 Å². The highest BCUT2D eigenvalue weighted by atomic mass is 35.5. The highest BCUT2D eigenvalue weighted by molar-refractivity contribution is 7.19. The van der Waals surface area contributed by atoms with Crippen molar-refractivity contribution < 1.29 is 14.3 Å². The number of nitrogens with zero attached hydrogens (tertiary/aromatic N) is 2.